The van der Waals surface area contributed by atoms with Crippen LogP contribution in [0.1, 0.15) is 54.2 Å². The molecule has 43 heavy (non-hydrogen) atoms. The third-order valence-corrected chi connectivity index (χ3v) is 7.40. The summed E-state index contributed by atoms with van der Waals surface area (Å²) in [5.74, 6) is 0. The largest absolute Gasteiger partial charge is 0.252 e. The van der Waals surface area contributed by atoms with Gasteiger partial charge in [-0.05, 0) is 48.6 Å². The fourth-order valence-corrected chi connectivity index (χ4v) is 4.86. The molecule has 0 fully saturated rings. The number of azo groups is 1. The highest BCUT2D eigenvalue weighted by atomic mass is 15.1. The molecule has 0 aliphatic heterocycles. The van der Waals surface area contributed by atoms with Crippen molar-refractivity contribution in [3.63, 3.8) is 0 Å². The van der Waals surface area contributed by atoms with Crippen LogP contribution in [0.2, 0.25) is 0 Å². The van der Waals surface area contributed by atoms with Crippen molar-refractivity contribution < 1.29 is 0 Å². The fraction of sp³-hybridized carbons (Fsp3) is 0.0750. The molecule has 0 saturated heterocycles. The van der Waals surface area contributed by atoms with E-state index in [1.54, 1.807) is 0 Å². The second-order valence-corrected chi connectivity index (χ2v) is 10.3. The first kappa shape index (κ1) is 29.1. The Bertz CT molecular complexity index is 1800. The van der Waals surface area contributed by atoms with Gasteiger partial charge in [-0.1, -0.05) is 152 Å². The van der Waals surface area contributed by atoms with Crippen molar-refractivity contribution in [2.75, 3.05) is 0 Å². The summed E-state index contributed by atoms with van der Waals surface area (Å²) in [6.07, 6.45) is 0. The first-order chi connectivity index (χ1) is 21.0. The SMILES string of the molecule is C=C(N=N/C(=C(\C)c1ccccc1)c1ccccc1)c1ccc(C(C)=N/C(=C(\C)c2ccccc2)c2ccccc2)cc1. The molecular weight excluding hydrogens is 522 g/mol. The molecule has 0 aliphatic rings. The molecule has 0 N–H and O–H groups in total. The molecule has 210 valence electrons. The summed E-state index contributed by atoms with van der Waals surface area (Å²) < 4.78 is 0. The minimum Gasteiger partial charge on any atom is -0.252 e. The van der Waals surface area contributed by atoms with Crippen LogP contribution in [0.3, 0.4) is 0 Å². The van der Waals surface area contributed by atoms with E-state index in [0.29, 0.717) is 5.70 Å². The van der Waals surface area contributed by atoms with Gasteiger partial charge in [0.25, 0.3) is 0 Å². The summed E-state index contributed by atoms with van der Waals surface area (Å²) in [5.41, 5.74) is 11.8. The number of nitrogens with zero attached hydrogens (tertiary/aromatic N) is 3. The molecule has 5 rings (SSSR count). The van der Waals surface area contributed by atoms with Gasteiger partial charge in [0.15, 0.2) is 0 Å². The van der Waals surface area contributed by atoms with E-state index in [1.807, 2.05) is 79.7 Å². The van der Waals surface area contributed by atoms with E-state index in [4.69, 9.17) is 10.1 Å². The van der Waals surface area contributed by atoms with Crippen molar-refractivity contribution in [3.05, 3.63) is 186 Å². The van der Waals surface area contributed by atoms with Crippen LogP contribution >= 0.6 is 0 Å². The fourth-order valence-electron chi connectivity index (χ4n) is 4.86. The highest BCUT2D eigenvalue weighted by Crippen LogP contribution is 2.30. The van der Waals surface area contributed by atoms with E-state index in [0.717, 1.165) is 61.6 Å². The quantitative estimate of drug-likeness (QED) is 0.0982. The molecule has 0 amide bonds. The predicted molar refractivity (Wildman–Crippen MR) is 183 cm³/mol. The van der Waals surface area contributed by atoms with Gasteiger partial charge in [-0.25, -0.2) is 0 Å². The summed E-state index contributed by atoms with van der Waals surface area (Å²) in [5, 5.41) is 9.27. The van der Waals surface area contributed by atoms with E-state index in [2.05, 4.69) is 98.3 Å². The van der Waals surface area contributed by atoms with Crippen LogP contribution in [0.4, 0.5) is 0 Å². The van der Waals surface area contributed by atoms with Crippen molar-refractivity contribution in [1.82, 2.24) is 0 Å². The molecule has 0 bridgehead atoms. The number of hydrogen-bond donors (Lipinski definition) is 0. The maximum atomic E-state index is 5.13. The number of rotatable bonds is 9. The predicted octanol–water partition coefficient (Wildman–Crippen LogP) is 11.1. The molecule has 3 nitrogen and oxygen atoms in total. The molecular formula is C40H35N3. The summed E-state index contributed by atoms with van der Waals surface area (Å²) in [4.78, 5) is 5.13. The molecule has 0 saturated carbocycles. The number of allylic oxidation sites excluding steroid dienone is 2. The third-order valence-electron chi connectivity index (χ3n) is 7.40. The van der Waals surface area contributed by atoms with Crippen molar-refractivity contribution in [2.24, 2.45) is 15.2 Å². The van der Waals surface area contributed by atoms with Gasteiger partial charge in [-0.2, -0.15) is 5.11 Å². The Hall–Kier alpha value is -5.41. The van der Waals surface area contributed by atoms with Crippen LogP contribution in [0, 0.1) is 0 Å². The van der Waals surface area contributed by atoms with Crippen LogP contribution in [0.5, 0.6) is 0 Å². The van der Waals surface area contributed by atoms with E-state index in [9.17, 15) is 0 Å². The number of hydrogen-bond acceptors (Lipinski definition) is 3. The van der Waals surface area contributed by atoms with Gasteiger partial charge >= 0.3 is 0 Å². The average molecular weight is 558 g/mol. The van der Waals surface area contributed by atoms with Crippen LogP contribution in [-0.4, -0.2) is 5.71 Å². The van der Waals surface area contributed by atoms with Crippen molar-refractivity contribution in [2.45, 2.75) is 20.8 Å². The normalized spacial score (nSPS) is 13.0. The molecule has 5 aromatic carbocycles. The Labute approximate surface area is 255 Å². The van der Waals surface area contributed by atoms with Crippen molar-refractivity contribution in [3.8, 4) is 0 Å². The van der Waals surface area contributed by atoms with Crippen molar-refractivity contribution in [1.29, 1.82) is 0 Å². The van der Waals surface area contributed by atoms with Gasteiger partial charge < -0.3 is 0 Å². The van der Waals surface area contributed by atoms with Gasteiger partial charge in [-0.3, -0.25) is 4.99 Å². The molecule has 0 heterocycles. The van der Waals surface area contributed by atoms with E-state index < -0.39 is 0 Å². The zero-order valence-electron chi connectivity index (χ0n) is 24.9. The molecule has 0 unspecified atom stereocenters. The zero-order chi connectivity index (χ0) is 30.0. The summed E-state index contributed by atoms with van der Waals surface area (Å²) in [7, 11) is 0. The first-order valence-corrected chi connectivity index (χ1v) is 14.4. The Kier molecular flexibility index (Phi) is 9.46. The van der Waals surface area contributed by atoms with Crippen LogP contribution in [-0.2, 0) is 0 Å². The number of aliphatic imine (C=N–C) groups is 1. The molecule has 0 aromatic heterocycles. The van der Waals surface area contributed by atoms with Gasteiger partial charge in [0.05, 0.1) is 17.1 Å². The average Bonchev–Trinajstić information content (AvgIpc) is 3.08. The molecule has 5 aromatic rings. The lowest BCUT2D eigenvalue weighted by Gasteiger charge is -2.11. The lowest BCUT2D eigenvalue weighted by Crippen LogP contribution is -1.97. The smallest absolute Gasteiger partial charge is 0.0964 e. The standard InChI is InChI=1S/C40H35N3/c1-29(33-17-9-5-10-18-33)39(37-21-13-7-14-22-37)41-31(3)35-25-27-36(28-26-35)32(4)42-43-40(38-23-15-8-16-24-38)30(2)34-19-11-6-12-20-34/h5-28H,4H2,1-3H3/b39-29+,40-30+,41-31?,43-42?. The third kappa shape index (κ3) is 7.27. The monoisotopic (exact) mass is 557 g/mol. The number of benzene rings is 5. The first-order valence-electron chi connectivity index (χ1n) is 14.4. The van der Waals surface area contributed by atoms with Gasteiger partial charge in [-0.15, -0.1) is 5.11 Å². The maximum Gasteiger partial charge on any atom is 0.0964 e. The van der Waals surface area contributed by atoms with E-state index in [1.165, 1.54) is 0 Å². The molecule has 3 heteroatoms. The van der Waals surface area contributed by atoms with Gasteiger partial charge in [0.2, 0.25) is 0 Å². The Balaban J connectivity index is 1.42. The van der Waals surface area contributed by atoms with Crippen LogP contribution in [0.25, 0.3) is 28.2 Å². The lowest BCUT2D eigenvalue weighted by atomic mass is 10.0. The Morgan fingerprint density at radius 1 is 0.395 bits per heavy atom. The minimum absolute atomic E-state index is 0.597. The molecule has 0 radical (unpaired) electrons. The van der Waals surface area contributed by atoms with E-state index in [-0.39, 0.29) is 0 Å². The molecule has 0 spiro atoms. The maximum absolute atomic E-state index is 5.13. The van der Waals surface area contributed by atoms with Gasteiger partial charge in [0, 0.05) is 22.4 Å². The summed E-state index contributed by atoms with van der Waals surface area (Å²) in [6.45, 7) is 10.5. The molecule has 0 atom stereocenters. The second-order valence-electron chi connectivity index (χ2n) is 10.3. The lowest BCUT2D eigenvalue weighted by molar-refractivity contribution is 1.25. The molecule has 0 aliphatic carbocycles. The highest BCUT2D eigenvalue weighted by molar-refractivity contribution is 6.04. The Morgan fingerprint density at radius 2 is 0.767 bits per heavy atom. The zero-order valence-corrected chi connectivity index (χ0v) is 24.9. The van der Waals surface area contributed by atoms with E-state index >= 15 is 0 Å². The summed E-state index contributed by atoms with van der Waals surface area (Å²) in [6, 6.07) is 49.3. The summed E-state index contributed by atoms with van der Waals surface area (Å²) >= 11 is 0. The minimum atomic E-state index is 0.597. The van der Waals surface area contributed by atoms with Gasteiger partial charge in [0.1, 0.15) is 0 Å². The van der Waals surface area contributed by atoms with Crippen LogP contribution < -0.4 is 0 Å². The van der Waals surface area contributed by atoms with Crippen LogP contribution in [0.15, 0.2) is 167 Å². The van der Waals surface area contributed by atoms with Crippen molar-refractivity contribution >= 4 is 33.9 Å². The highest BCUT2D eigenvalue weighted by Gasteiger charge is 2.10. The topological polar surface area (TPSA) is 37.1 Å². The second kappa shape index (κ2) is 14.0. The Morgan fingerprint density at radius 3 is 1.23 bits per heavy atom.